The lowest BCUT2D eigenvalue weighted by molar-refractivity contribution is -0.126. The number of amides is 3. The third-order valence-electron chi connectivity index (χ3n) is 8.45. The van der Waals surface area contributed by atoms with Gasteiger partial charge in [-0.15, -0.1) is 0 Å². The van der Waals surface area contributed by atoms with Gasteiger partial charge in [0.15, 0.2) is 14.9 Å². The zero-order valence-corrected chi connectivity index (χ0v) is 31.0. The molecule has 2 aromatic carbocycles. The Morgan fingerprint density at radius 1 is 0.865 bits per heavy atom. The number of carbonyl (C=O) groups excluding carboxylic acids is 3. The molecule has 5 N–H and O–H groups in total. The van der Waals surface area contributed by atoms with E-state index in [0.29, 0.717) is 5.52 Å². The van der Waals surface area contributed by atoms with Crippen molar-refractivity contribution in [2.75, 3.05) is 5.75 Å². The number of nitrogens with zero attached hydrogens (tertiary/aromatic N) is 2. The number of aromatic nitrogens is 2. The first-order chi connectivity index (χ1) is 24.5. The average molecular weight is 729 g/mol. The lowest BCUT2D eigenvalue weighted by Gasteiger charge is -2.30. The molecule has 276 valence electrons. The summed E-state index contributed by atoms with van der Waals surface area (Å²) >= 11 is 0. The Bertz CT molecular complexity index is 1970. The van der Waals surface area contributed by atoms with Crippen molar-refractivity contribution >= 4 is 44.2 Å². The van der Waals surface area contributed by atoms with Gasteiger partial charge >= 0.3 is 0 Å². The molecule has 0 saturated heterocycles. The number of aliphatic hydroxyl groups is 1. The first-order valence-electron chi connectivity index (χ1n) is 17.3. The fourth-order valence-corrected chi connectivity index (χ4v) is 6.97. The molecular weight excluding hydrogens is 681 g/mol. The molecule has 0 aliphatic heterocycles. The van der Waals surface area contributed by atoms with Crippen LogP contribution in [0, 0.1) is 17.2 Å². The zero-order chi connectivity index (χ0) is 38.1. The highest BCUT2D eigenvalue weighted by Crippen LogP contribution is 2.20. The van der Waals surface area contributed by atoms with Gasteiger partial charge in [0, 0.05) is 29.3 Å². The number of carbonyl (C=O) groups is 3. The molecule has 0 fully saturated rings. The van der Waals surface area contributed by atoms with Crippen LogP contribution in [0.4, 0.5) is 0 Å². The van der Waals surface area contributed by atoms with Crippen LogP contribution in [0.1, 0.15) is 63.5 Å². The van der Waals surface area contributed by atoms with Gasteiger partial charge in [0.1, 0.15) is 11.7 Å². The second kappa shape index (κ2) is 17.5. The molecule has 0 aliphatic carbocycles. The molecule has 0 spiro atoms. The number of pyridine rings is 2. The average Bonchev–Trinajstić information content (AvgIpc) is 3.09. The number of nitrogens with one attached hydrogen (secondary N) is 4. The molecule has 13 heteroatoms. The molecule has 0 radical (unpaired) electrons. The molecule has 0 aliphatic rings. The fourth-order valence-electron chi connectivity index (χ4n) is 5.71. The van der Waals surface area contributed by atoms with E-state index in [0.717, 1.165) is 10.9 Å². The van der Waals surface area contributed by atoms with E-state index in [1.54, 1.807) is 65.0 Å². The van der Waals surface area contributed by atoms with Crippen LogP contribution in [-0.4, -0.2) is 76.4 Å². The maximum absolute atomic E-state index is 13.9. The molecule has 2 heterocycles. The van der Waals surface area contributed by atoms with Crippen LogP contribution >= 0.6 is 0 Å². The minimum Gasteiger partial charge on any atom is -0.391 e. The summed E-state index contributed by atoms with van der Waals surface area (Å²) in [6.07, 6.45) is -0.347. The van der Waals surface area contributed by atoms with E-state index in [4.69, 9.17) is 5.41 Å². The zero-order valence-electron chi connectivity index (χ0n) is 30.2. The summed E-state index contributed by atoms with van der Waals surface area (Å²) < 4.78 is 26.1. The molecule has 2 aromatic heterocycles. The Morgan fingerprint density at radius 3 is 2.19 bits per heavy atom. The first kappa shape index (κ1) is 39.8. The van der Waals surface area contributed by atoms with E-state index < -0.39 is 63.0 Å². The van der Waals surface area contributed by atoms with Gasteiger partial charge in [0.2, 0.25) is 11.8 Å². The number of benzene rings is 2. The summed E-state index contributed by atoms with van der Waals surface area (Å²) in [5, 5.41) is 29.9. The number of para-hydroxylation sites is 1. The van der Waals surface area contributed by atoms with E-state index in [1.807, 2.05) is 48.5 Å². The number of fused-ring (bicyclic) bond motifs is 1. The maximum Gasteiger partial charge on any atom is 0.270 e. The van der Waals surface area contributed by atoms with Crippen molar-refractivity contribution in [1.82, 2.24) is 25.9 Å². The lowest BCUT2D eigenvalue weighted by Crippen LogP contribution is -2.55. The minimum absolute atomic E-state index is 0.134. The molecule has 4 rings (SSSR count). The molecule has 12 nitrogen and oxygen atoms in total. The Labute approximate surface area is 305 Å². The normalized spacial score (nSPS) is 14.2. The Kier molecular flexibility index (Phi) is 13.4. The quantitative estimate of drug-likeness (QED) is 0.106. The van der Waals surface area contributed by atoms with Gasteiger partial charge in [-0.05, 0) is 69.4 Å². The molecule has 3 amide bonds. The van der Waals surface area contributed by atoms with Gasteiger partial charge in [-0.25, -0.2) is 18.4 Å². The molecule has 0 saturated carbocycles. The third kappa shape index (κ3) is 11.2. The molecule has 4 aromatic rings. The van der Waals surface area contributed by atoms with Gasteiger partial charge in [0.05, 0.1) is 29.3 Å². The summed E-state index contributed by atoms with van der Waals surface area (Å²) in [5.41, 5.74) is 0.728. The molecule has 52 heavy (non-hydrogen) atoms. The van der Waals surface area contributed by atoms with Crippen LogP contribution in [0.15, 0.2) is 96.2 Å². The number of hydrogen-bond donors (Lipinski definition) is 5. The summed E-state index contributed by atoms with van der Waals surface area (Å²) in [6, 6.07) is 22.5. The SMILES string of the molecule is CC(C)[C@H](NC(=O)c1ccc2ccccc2n1)C(=O)NC(Cc1ccccc1)C(O)CC(=N)[C@H](CCS(=O)(=O)c1ccccn1)C(=O)NC(C)(C)C. The van der Waals surface area contributed by atoms with Crippen molar-refractivity contribution in [3.63, 3.8) is 0 Å². The highest BCUT2D eigenvalue weighted by atomic mass is 32.2. The van der Waals surface area contributed by atoms with Crippen molar-refractivity contribution in [1.29, 1.82) is 5.41 Å². The van der Waals surface area contributed by atoms with E-state index in [1.165, 1.54) is 12.3 Å². The van der Waals surface area contributed by atoms with Gasteiger partial charge in [-0.1, -0.05) is 74.5 Å². The van der Waals surface area contributed by atoms with E-state index in [2.05, 4.69) is 25.9 Å². The van der Waals surface area contributed by atoms with Crippen molar-refractivity contribution < 1.29 is 27.9 Å². The maximum atomic E-state index is 13.9. The third-order valence-corrected chi connectivity index (χ3v) is 10.1. The fraction of sp³-hybridized carbons (Fsp3) is 0.385. The van der Waals surface area contributed by atoms with Gasteiger partial charge in [-0.2, -0.15) is 0 Å². The topological polar surface area (TPSA) is 191 Å². The second-order valence-corrected chi connectivity index (χ2v) is 16.3. The lowest BCUT2D eigenvalue weighted by atomic mass is 9.90. The Balaban J connectivity index is 1.54. The molecular formula is C39H48N6O6S. The van der Waals surface area contributed by atoms with Crippen LogP contribution in [0.25, 0.3) is 10.9 Å². The molecule has 4 atom stereocenters. The van der Waals surface area contributed by atoms with Gasteiger partial charge < -0.3 is 26.5 Å². The van der Waals surface area contributed by atoms with E-state index in [-0.39, 0.29) is 41.6 Å². The predicted octanol–water partition coefficient (Wildman–Crippen LogP) is 4.28. The van der Waals surface area contributed by atoms with Crippen LogP contribution in [-0.2, 0) is 25.8 Å². The van der Waals surface area contributed by atoms with Crippen LogP contribution in [0.2, 0.25) is 0 Å². The highest BCUT2D eigenvalue weighted by Gasteiger charge is 2.34. The van der Waals surface area contributed by atoms with Crippen LogP contribution < -0.4 is 16.0 Å². The monoisotopic (exact) mass is 728 g/mol. The van der Waals surface area contributed by atoms with Crippen molar-refractivity contribution in [2.24, 2.45) is 11.8 Å². The largest absolute Gasteiger partial charge is 0.391 e. The summed E-state index contributed by atoms with van der Waals surface area (Å²) in [4.78, 5) is 49.0. The summed E-state index contributed by atoms with van der Waals surface area (Å²) in [5.74, 6) is -3.60. The minimum atomic E-state index is -3.87. The molecule has 0 bridgehead atoms. The van der Waals surface area contributed by atoms with Crippen LogP contribution in [0.3, 0.4) is 0 Å². The van der Waals surface area contributed by atoms with Crippen LogP contribution in [0.5, 0.6) is 0 Å². The molecule has 2 unspecified atom stereocenters. The van der Waals surface area contributed by atoms with E-state index >= 15 is 0 Å². The van der Waals surface area contributed by atoms with Crippen molar-refractivity contribution in [3.8, 4) is 0 Å². The predicted molar refractivity (Wildman–Crippen MR) is 201 cm³/mol. The smallest absolute Gasteiger partial charge is 0.270 e. The number of rotatable bonds is 16. The van der Waals surface area contributed by atoms with E-state index in [9.17, 15) is 27.9 Å². The van der Waals surface area contributed by atoms with Crippen molar-refractivity contribution in [2.45, 2.75) is 82.6 Å². The Morgan fingerprint density at radius 2 is 1.54 bits per heavy atom. The summed E-state index contributed by atoms with van der Waals surface area (Å²) in [7, 11) is -3.87. The first-order valence-corrected chi connectivity index (χ1v) is 18.9. The number of aliphatic hydroxyl groups excluding tert-OH is 1. The number of hydrogen-bond acceptors (Lipinski definition) is 9. The van der Waals surface area contributed by atoms with Gasteiger partial charge in [0.25, 0.3) is 5.91 Å². The summed E-state index contributed by atoms with van der Waals surface area (Å²) in [6.45, 7) is 8.89. The van der Waals surface area contributed by atoms with Gasteiger partial charge in [-0.3, -0.25) is 14.4 Å². The highest BCUT2D eigenvalue weighted by molar-refractivity contribution is 7.91. The van der Waals surface area contributed by atoms with Crippen molar-refractivity contribution in [3.05, 3.63) is 102 Å². The number of sulfone groups is 1. The second-order valence-electron chi connectivity index (χ2n) is 14.3. The Hall–Kier alpha value is -5.01. The standard InChI is InChI=1S/C39H48N6O6S/c1-25(2)35(44-37(48)31-19-18-27-15-9-10-16-30(27)42-31)38(49)43-32(23-26-13-7-6-8-14-26)33(46)24-29(40)28(36(47)45-39(3,4)5)20-22-52(50,51)34-17-11-12-21-41-34/h6-19,21,25,28,32-33,35,40,46H,20,22-24H2,1-5H3,(H,43,49)(H,44,48)(H,45,47)/t28-,32?,33?,35-/m0/s1.